The Kier molecular flexibility index (Phi) is 11.6. The number of aromatic nitrogens is 4. The number of nitrogens with one attached hydrogen (secondary N) is 3. The molecule has 2 aromatic carbocycles. The molecule has 0 aliphatic heterocycles. The van der Waals surface area contributed by atoms with E-state index in [0.717, 1.165) is 34.0 Å². The molecule has 11 nitrogen and oxygen atoms in total. The second kappa shape index (κ2) is 16.2. The number of benzene rings is 2. The predicted octanol–water partition coefficient (Wildman–Crippen LogP) is 5.56. The maximum atomic E-state index is 14.6. The van der Waals surface area contributed by atoms with Crippen LogP contribution in [0.1, 0.15) is 38.6 Å². The van der Waals surface area contributed by atoms with E-state index in [1.54, 1.807) is 23.5 Å². The van der Waals surface area contributed by atoms with Gasteiger partial charge in [-0.2, -0.15) is 5.10 Å². The molecule has 0 saturated heterocycles. The van der Waals surface area contributed by atoms with Crippen molar-refractivity contribution < 1.29 is 19.0 Å². The maximum absolute atomic E-state index is 14.6. The van der Waals surface area contributed by atoms with Gasteiger partial charge in [-0.1, -0.05) is 35.3 Å². The lowest BCUT2D eigenvalue weighted by Crippen LogP contribution is -2.27. The van der Waals surface area contributed by atoms with Crippen LogP contribution in [0.5, 0.6) is 5.75 Å². The number of hydrogen-bond donors (Lipinski definition) is 4. The minimum absolute atomic E-state index is 0.0131. The fourth-order valence-corrected chi connectivity index (χ4v) is 6.33. The van der Waals surface area contributed by atoms with E-state index in [1.165, 1.54) is 17.4 Å². The van der Waals surface area contributed by atoms with Gasteiger partial charge < -0.3 is 25.8 Å². The van der Waals surface area contributed by atoms with E-state index in [2.05, 4.69) is 52.9 Å². The molecule has 0 aliphatic rings. The highest BCUT2D eigenvalue weighted by Gasteiger charge is 2.18. The number of carboxylic acids is 1. The van der Waals surface area contributed by atoms with Crippen LogP contribution in [0.3, 0.4) is 0 Å². The van der Waals surface area contributed by atoms with Crippen LogP contribution in [0.2, 0.25) is 0 Å². The van der Waals surface area contributed by atoms with Gasteiger partial charge in [0.2, 0.25) is 0 Å². The number of aromatic carboxylic acids is 1. The lowest BCUT2D eigenvalue weighted by molar-refractivity contribution is 0.0690. The van der Waals surface area contributed by atoms with Crippen molar-refractivity contribution in [3.8, 4) is 17.6 Å². The molecular formula is C33H35FN8O3S2. The van der Waals surface area contributed by atoms with Crippen LogP contribution in [0.25, 0.3) is 10.2 Å². The van der Waals surface area contributed by atoms with Crippen LogP contribution in [-0.4, -0.2) is 76.5 Å². The number of aryl methyl sites for hydroxylation is 2. The molecule has 244 valence electrons. The average Bonchev–Trinajstić information content (AvgIpc) is 3.67. The van der Waals surface area contributed by atoms with Gasteiger partial charge in [0.1, 0.15) is 0 Å². The predicted molar refractivity (Wildman–Crippen MR) is 185 cm³/mol. The third-order valence-electron chi connectivity index (χ3n) is 6.94. The van der Waals surface area contributed by atoms with Gasteiger partial charge in [0.25, 0.3) is 0 Å². The number of thiazole rings is 2. The summed E-state index contributed by atoms with van der Waals surface area (Å²) in [6, 6.07) is 14.5. The van der Waals surface area contributed by atoms with Gasteiger partial charge in [-0.3, -0.25) is 4.90 Å². The standard InChI is InChI=1S/C33H35FN8O3S2/c1-21-18-23(40-41-30(21)39-33-37-25-9-4-5-10-27(25)46-33)20-36-32-38-29(31(43)44)28(47-32)11-7-17-45-26-13-12-22(19-24(26)34)8-6-15-42(3)16-14-35-2/h4-5,9-10,12-13,18-19,35H,7,11,14-17,20H2,1-3H3,(H,36,38)(H,43,44)(H,37,39,41). The van der Waals surface area contributed by atoms with Crippen LogP contribution >= 0.6 is 22.7 Å². The van der Waals surface area contributed by atoms with Gasteiger partial charge in [-0.05, 0) is 75.8 Å². The second-order valence-electron chi connectivity index (χ2n) is 10.7. The molecule has 5 rings (SSSR count). The number of carboxylic acid groups (broad SMARTS) is 1. The van der Waals surface area contributed by atoms with Crippen molar-refractivity contribution in [2.75, 3.05) is 51.0 Å². The van der Waals surface area contributed by atoms with Crippen molar-refractivity contribution >= 4 is 54.9 Å². The molecule has 0 unspecified atom stereocenters. The monoisotopic (exact) mass is 674 g/mol. The van der Waals surface area contributed by atoms with E-state index >= 15 is 0 Å². The molecule has 3 aromatic heterocycles. The van der Waals surface area contributed by atoms with E-state index in [-0.39, 0.29) is 18.1 Å². The van der Waals surface area contributed by atoms with Crippen molar-refractivity contribution in [3.63, 3.8) is 0 Å². The molecule has 0 bridgehead atoms. The average molecular weight is 675 g/mol. The summed E-state index contributed by atoms with van der Waals surface area (Å²) in [6.45, 7) is 4.78. The number of fused-ring (bicyclic) bond motifs is 1. The van der Waals surface area contributed by atoms with Gasteiger partial charge in [-0.25, -0.2) is 19.2 Å². The van der Waals surface area contributed by atoms with Gasteiger partial charge in [-0.15, -0.1) is 16.4 Å². The molecule has 0 radical (unpaired) electrons. The zero-order valence-corrected chi connectivity index (χ0v) is 27.9. The van der Waals surface area contributed by atoms with Crippen molar-refractivity contribution in [2.24, 2.45) is 0 Å². The lowest BCUT2D eigenvalue weighted by atomic mass is 10.2. The molecule has 0 saturated carbocycles. The Morgan fingerprint density at radius 3 is 2.72 bits per heavy atom. The summed E-state index contributed by atoms with van der Waals surface area (Å²) in [5.41, 5.74) is 3.05. The highest BCUT2D eigenvalue weighted by Crippen LogP contribution is 2.29. The number of carbonyl (C=O) groups is 1. The Bertz CT molecular complexity index is 1870. The fraction of sp³-hybridized carbons (Fsp3) is 0.303. The number of rotatable bonds is 15. The molecule has 4 N–H and O–H groups in total. The highest BCUT2D eigenvalue weighted by molar-refractivity contribution is 7.22. The van der Waals surface area contributed by atoms with E-state index in [9.17, 15) is 14.3 Å². The van der Waals surface area contributed by atoms with Crippen molar-refractivity contribution in [1.29, 1.82) is 0 Å². The number of para-hydroxylation sites is 1. The van der Waals surface area contributed by atoms with Crippen LogP contribution in [0, 0.1) is 24.6 Å². The van der Waals surface area contributed by atoms with Crippen LogP contribution in [-0.2, 0) is 13.0 Å². The highest BCUT2D eigenvalue weighted by atomic mass is 32.1. The molecule has 3 heterocycles. The fourth-order valence-electron chi connectivity index (χ4n) is 4.48. The number of nitrogens with zero attached hydrogens (tertiary/aromatic N) is 5. The Morgan fingerprint density at radius 1 is 1.11 bits per heavy atom. The van der Waals surface area contributed by atoms with Crippen molar-refractivity contribution in [2.45, 2.75) is 26.3 Å². The normalized spacial score (nSPS) is 11.0. The number of hydrogen-bond acceptors (Lipinski definition) is 12. The summed E-state index contributed by atoms with van der Waals surface area (Å²) in [5.74, 6) is 5.17. The molecule has 5 aromatic rings. The van der Waals surface area contributed by atoms with Crippen LogP contribution in [0.15, 0.2) is 48.5 Å². The number of halogens is 1. The quantitative estimate of drug-likeness (QED) is 0.0821. The minimum atomic E-state index is -1.11. The summed E-state index contributed by atoms with van der Waals surface area (Å²) in [5, 5.41) is 29.0. The molecule has 0 spiro atoms. The Balaban J connectivity index is 1.11. The molecule has 0 fully saturated rings. The molecule has 47 heavy (non-hydrogen) atoms. The first kappa shape index (κ1) is 33.7. The van der Waals surface area contributed by atoms with E-state index < -0.39 is 11.8 Å². The minimum Gasteiger partial charge on any atom is -0.491 e. The SMILES string of the molecule is CNCCN(C)CC#Cc1ccc(OCCCc2sc(NCc3cc(C)c(Nc4nc5ccccc5s4)nn3)nc2C(=O)O)c(F)c1. The summed E-state index contributed by atoms with van der Waals surface area (Å²) in [4.78, 5) is 23.4. The van der Waals surface area contributed by atoms with Crippen molar-refractivity contribution in [3.05, 3.63) is 81.7 Å². The Hall–Kier alpha value is -4.68. The maximum Gasteiger partial charge on any atom is 0.355 e. The number of likely N-dealkylation sites (N-methyl/N-ethyl adjacent to an activating group) is 2. The lowest BCUT2D eigenvalue weighted by Gasteiger charge is -2.11. The summed E-state index contributed by atoms with van der Waals surface area (Å²) >= 11 is 2.80. The molecule has 0 atom stereocenters. The van der Waals surface area contributed by atoms with Gasteiger partial charge >= 0.3 is 5.97 Å². The Labute approximate surface area is 280 Å². The van der Waals surface area contributed by atoms with Crippen molar-refractivity contribution in [1.82, 2.24) is 30.4 Å². The first-order valence-corrected chi connectivity index (χ1v) is 16.6. The van der Waals surface area contributed by atoms with Crippen LogP contribution in [0.4, 0.5) is 20.5 Å². The number of anilines is 3. The Morgan fingerprint density at radius 2 is 1.96 bits per heavy atom. The second-order valence-corrected chi connectivity index (χ2v) is 12.8. The zero-order chi connectivity index (χ0) is 33.2. The van der Waals surface area contributed by atoms with Gasteiger partial charge in [0.15, 0.2) is 33.3 Å². The largest absolute Gasteiger partial charge is 0.491 e. The zero-order valence-electron chi connectivity index (χ0n) is 26.3. The molecule has 0 aliphatic carbocycles. The van der Waals surface area contributed by atoms with Crippen LogP contribution < -0.4 is 20.7 Å². The summed E-state index contributed by atoms with van der Waals surface area (Å²) in [7, 11) is 3.88. The van der Waals surface area contributed by atoms with E-state index in [1.807, 2.05) is 51.4 Å². The smallest absolute Gasteiger partial charge is 0.355 e. The number of ether oxygens (including phenoxy) is 1. The summed E-state index contributed by atoms with van der Waals surface area (Å²) in [6.07, 6.45) is 0.897. The van der Waals surface area contributed by atoms with E-state index in [4.69, 9.17) is 4.74 Å². The first-order chi connectivity index (χ1) is 22.8. The topological polar surface area (TPSA) is 137 Å². The third kappa shape index (κ3) is 9.43. The molecule has 0 amide bonds. The molecule has 14 heteroatoms. The summed E-state index contributed by atoms with van der Waals surface area (Å²) < 4.78 is 21.3. The van der Waals surface area contributed by atoms with E-state index in [0.29, 0.717) is 53.0 Å². The van der Waals surface area contributed by atoms with Gasteiger partial charge in [0, 0.05) is 23.5 Å². The van der Waals surface area contributed by atoms with Gasteiger partial charge in [0.05, 0.1) is 35.6 Å². The first-order valence-electron chi connectivity index (χ1n) is 15.0. The third-order valence-corrected chi connectivity index (χ3v) is 8.96. The molecular weight excluding hydrogens is 640 g/mol.